The van der Waals surface area contributed by atoms with Crippen molar-refractivity contribution < 1.29 is 19.1 Å². The molecule has 6 nitrogen and oxygen atoms in total. The number of imide groups is 1. The van der Waals surface area contributed by atoms with Crippen LogP contribution in [0.4, 0.5) is 4.79 Å². The lowest BCUT2D eigenvalue weighted by Gasteiger charge is -2.17. The second-order valence-electron chi connectivity index (χ2n) is 6.54. The minimum atomic E-state index is -0.620. The molecule has 0 bridgehead atoms. The van der Waals surface area contributed by atoms with Crippen molar-refractivity contribution in [2.24, 2.45) is 0 Å². The number of carbonyl (C=O) groups excluding carboxylic acids is 2. The molecule has 6 heteroatoms. The van der Waals surface area contributed by atoms with E-state index >= 15 is 0 Å². The Morgan fingerprint density at radius 2 is 2.17 bits per heavy atom. The van der Waals surface area contributed by atoms with Gasteiger partial charge in [-0.05, 0) is 38.8 Å². The van der Waals surface area contributed by atoms with Gasteiger partial charge in [0.2, 0.25) is 0 Å². The third-order valence-corrected chi connectivity index (χ3v) is 4.70. The van der Waals surface area contributed by atoms with Crippen LogP contribution in [0.5, 0.6) is 11.5 Å². The van der Waals surface area contributed by atoms with Crippen LogP contribution in [-0.2, 0) is 17.8 Å². The summed E-state index contributed by atoms with van der Waals surface area (Å²) in [6.45, 7) is 4.69. The van der Waals surface area contributed by atoms with E-state index in [1.807, 2.05) is 26.0 Å². The number of amides is 3. The van der Waals surface area contributed by atoms with Crippen LogP contribution >= 0.6 is 0 Å². The van der Waals surface area contributed by atoms with Crippen molar-refractivity contribution in [2.75, 3.05) is 6.61 Å². The topological polar surface area (TPSA) is 67.9 Å². The summed E-state index contributed by atoms with van der Waals surface area (Å²) in [7, 11) is 0. The quantitative estimate of drug-likeness (QED) is 0.863. The molecule has 122 valence electrons. The standard InChI is InChI=1S/C17H20N2O4/c1-3-22-13-7-11-6-10(2)23-14(11)8-12(13)9-19-15(20)17(4-5-17)18-16(19)21/h7-8,10H,3-6,9H2,1-2H3,(H,18,21). The van der Waals surface area contributed by atoms with E-state index in [1.165, 1.54) is 4.90 Å². The second kappa shape index (κ2) is 4.88. The average molecular weight is 316 g/mol. The average Bonchev–Trinajstić information content (AvgIpc) is 3.13. The number of benzene rings is 1. The molecule has 0 radical (unpaired) electrons. The van der Waals surface area contributed by atoms with Gasteiger partial charge in [-0.15, -0.1) is 0 Å². The van der Waals surface area contributed by atoms with Crippen molar-refractivity contribution >= 4 is 11.9 Å². The first-order chi connectivity index (χ1) is 11.0. The van der Waals surface area contributed by atoms with E-state index in [0.717, 1.165) is 41.9 Å². The zero-order valence-electron chi connectivity index (χ0n) is 13.3. The lowest BCUT2D eigenvalue weighted by atomic mass is 10.1. The molecular weight excluding hydrogens is 296 g/mol. The first-order valence-corrected chi connectivity index (χ1v) is 8.12. The molecule has 4 rings (SSSR count). The second-order valence-corrected chi connectivity index (χ2v) is 6.54. The predicted octanol–water partition coefficient (Wildman–Crippen LogP) is 1.99. The third-order valence-electron chi connectivity index (χ3n) is 4.70. The molecule has 1 N–H and O–H groups in total. The SMILES string of the molecule is CCOc1cc2c(cc1CN1C(=O)NC3(CC3)C1=O)OC(C)C2. The molecule has 1 spiro atoms. The molecule has 23 heavy (non-hydrogen) atoms. The van der Waals surface area contributed by atoms with E-state index in [2.05, 4.69) is 5.32 Å². The summed E-state index contributed by atoms with van der Waals surface area (Å²) >= 11 is 0. The van der Waals surface area contributed by atoms with Gasteiger partial charge in [-0.3, -0.25) is 9.69 Å². The molecule has 1 unspecified atom stereocenters. The van der Waals surface area contributed by atoms with Crippen LogP contribution in [0, 0.1) is 0 Å². The third kappa shape index (κ3) is 2.24. The Hall–Kier alpha value is -2.24. The summed E-state index contributed by atoms with van der Waals surface area (Å²) in [5.74, 6) is 1.42. The first-order valence-electron chi connectivity index (χ1n) is 8.12. The van der Waals surface area contributed by atoms with E-state index in [1.54, 1.807) is 0 Å². The van der Waals surface area contributed by atoms with Crippen LogP contribution in [0.25, 0.3) is 0 Å². The maximum atomic E-state index is 12.4. The number of nitrogens with one attached hydrogen (secondary N) is 1. The smallest absolute Gasteiger partial charge is 0.325 e. The normalized spacial score (nSPS) is 23.7. The minimum absolute atomic E-state index is 0.125. The van der Waals surface area contributed by atoms with E-state index in [9.17, 15) is 9.59 Å². The molecule has 1 aromatic carbocycles. The van der Waals surface area contributed by atoms with Gasteiger partial charge in [-0.1, -0.05) is 0 Å². The number of hydrogen-bond donors (Lipinski definition) is 1. The maximum Gasteiger partial charge on any atom is 0.325 e. The summed E-state index contributed by atoms with van der Waals surface area (Å²) in [6, 6.07) is 3.57. The van der Waals surface area contributed by atoms with E-state index in [0.29, 0.717) is 6.61 Å². The number of urea groups is 1. The lowest BCUT2D eigenvalue weighted by Crippen LogP contribution is -2.32. The van der Waals surface area contributed by atoms with Gasteiger partial charge in [0.1, 0.15) is 23.1 Å². The van der Waals surface area contributed by atoms with Crippen molar-refractivity contribution in [3.8, 4) is 11.5 Å². The van der Waals surface area contributed by atoms with Gasteiger partial charge in [-0.2, -0.15) is 0 Å². The molecule has 2 fully saturated rings. The highest BCUT2D eigenvalue weighted by Gasteiger charge is 2.59. The highest BCUT2D eigenvalue weighted by Crippen LogP contribution is 2.42. The maximum absolute atomic E-state index is 12.4. The molecule has 0 aromatic heterocycles. The van der Waals surface area contributed by atoms with Crippen LogP contribution in [0.1, 0.15) is 37.8 Å². The molecule has 1 atom stereocenters. The predicted molar refractivity (Wildman–Crippen MR) is 82.5 cm³/mol. The summed E-state index contributed by atoms with van der Waals surface area (Å²) in [5.41, 5.74) is 1.30. The molecule has 3 aliphatic rings. The van der Waals surface area contributed by atoms with Crippen LogP contribution in [0.15, 0.2) is 12.1 Å². The molecule has 1 aliphatic carbocycles. The van der Waals surface area contributed by atoms with Crippen LogP contribution in [-0.4, -0.2) is 35.1 Å². The highest BCUT2D eigenvalue weighted by molar-refractivity contribution is 6.08. The molecule has 1 saturated heterocycles. The largest absolute Gasteiger partial charge is 0.494 e. The Morgan fingerprint density at radius 1 is 1.39 bits per heavy atom. The number of hydrogen-bond acceptors (Lipinski definition) is 4. The van der Waals surface area contributed by atoms with Crippen molar-refractivity contribution in [1.29, 1.82) is 0 Å². The number of carbonyl (C=O) groups is 2. The highest BCUT2D eigenvalue weighted by atomic mass is 16.5. The van der Waals surface area contributed by atoms with Crippen molar-refractivity contribution in [3.63, 3.8) is 0 Å². The molecule has 3 amide bonds. The Bertz CT molecular complexity index is 696. The minimum Gasteiger partial charge on any atom is -0.494 e. The van der Waals surface area contributed by atoms with Crippen LogP contribution in [0.3, 0.4) is 0 Å². The van der Waals surface area contributed by atoms with Crippen LogP contribution < -0.4 is 14.8 Å². The fourth-order valence-electron chi connectivity index (χ4n) is 3.35. The van der Waals surface area contributed by atoms with E-state index in [4.69, 9.17) is 9.47 Å². The van der Waals surface area contributed by atoms with Gasteiger partial charge < -0.3 is 14.8 Å². The fourth-order valence-corrected chi connectivity index (χ4v) is 3.35. The molecular formula is C17H20N2O4. The Kier molecular flexibility index (Phi) is 3.04. The molecule has 1 saturated carbocycles. The van der Waals surface area contributed by atoms with Gasteiger partial charge in [0, 0.05) is 17.5 Å². The first kappa shape index (κ1) is 14.4. The number of nitrogens with zero attached hydrogens (tertiary/aromatic N) is 1. The van der Waals surface area contributed by atoms with Gasteiger partial charge in [0.05, 0.1) is 13.2 Å². The van der Waals surface area contributed by atoms with Gasteiger partial charge in [0.25, 0.3) is 5.91 Å². The molecule has 2 heterocycles. The van der Waals surface area contributed by atoms with Crippen molar-refractivity contribution in [1.82, 2.24) is 10.2 Å². The molecule has 1 aromatic rings. The van der Waals surface area contributed by atoms with Crippen molar-refractivity contribution in [2.45, 2.75) is 51.3 Å². The zero-order valence-corrected chi connectivity index (χ0v) is 13.3. The van der Waals surface area contributed by atoms with Crippen LogP contribution in [0.2, 0.25) is 0 Å². The fraction of sp³-hybridized carbons (Fsp3) is 0.529. The lowest BCUT2D eigenvalue weighted by molar-refractivity contribution is -0.128. The summed E-state index contributed by atoms with van der Waals surface area (Å²) in [4.78, 5) is 25.8. The summed E-state index contributed by atoms with van der Waals surface area (Å²) in [5, 5.41) is 2.80. The number of fused-ring (bicyclic) bond motifs is 1. The summed E-state index contributed by atoms with van der Waals surface area (Å²) < 4.78 is 11.5. The number of rotatable bonds is 4. The zero-order chi connectivity index (χ0) is 16.2. The van der Waals surface area contributed by atoms with E-state index in [-0.39, 0.29) is 24.6 Å². The Balaban J connectivity index is 1.64. The van der Waals surface area contributed by atoms with Gasteiger partial charge in [0.15, 0.2) is 0 Å². The van der Waals surface area contributed by atoms with Gasteiger partial charge >= 0.3 is 6.03 Å². The van der Waals surface area contributed by atoms with E-state index < -0.39 is 5.54 Å². The Morgan fingerprint density at radius 3 is 2.83 bits per heavy atom. The Labute approximate surface area is 134 Å². The molecule has 2 aliphatic heterocycles. The number of ether oxygens (including phenoxy) is 2. The monoisotopic (exact) mass is 316 g/mol. The van der Waals surface area contributed by atoms with Gasteiger partial charge in [-0.25, -0.2) is 4.79 Å². The van der Waals surface area contributed by atoms with Crippen molar-refractivity contribution in [3.05, 3.63) is 23.3 Å². The summed E-state index contributed by atoms with van der Waals surface area (Å²) in [6.07, 6.45) is 2.46.